The van der Waals surface area contributed by atoms with Gasteiger partial charge in [0, 0.05) is 31.0 Å². The Bertz CT molecular complexity index is 776. The van der Waals surface area contributed by atoms with Crippen LogP contribution in [0.25, 0.3) is 0 Å². The van der Waals surface area contributed by atoms with Gasteiger partial charge in [-0.15, -0.1) is 18.3 Å². The van der Waals surface area contributed by atoms with Gasteiger partial charge >= 0.3 is 5.97 Å². The first-order valence-corrected chi connectivity index (χ1v) is 13.8. The summed E-state index contributed by atoms with van der Waals surface area (Å²) in [5.74, 6) is -1.28. The van der Waals surface area contributed by atoms with Gasteiger partial charge in [-0.2, -0.15) is 0 Å². The molecule has 0 aromatic carbocycles. The minimum Gasteiger partial charge on any atom is -0.466 e. The molecule has 0 aromatic heterocycles. The Morgan fingerprint density at radius 2 is 2.09 bits per heavy atom. The lowest BCUT2D eigenvalue weighted by Crippen LogP contribution is -2.58. The molecule has 3 rings (SSSR count). The lowest BCUT2D eigenvalue weighted by atomic mass is 9.66. The average molecular weight is 495 g/mol. The Kier molecular flexibility index (Phi) is 9.12. The van der Waals surface area contributed by atoms with Crippen molar-refractivity contribution in [1.29, 1.82) is 0 Å². The second-order valence-electron chi connectivity index (χ2n) is 10.0. The van der Waals surface area contributed by atoms with E-state index in [1.165, 1.54) is 0 Å². The first-order chi connectivity index (χ1) is 16.3. The maximum atomic E-state index is 14.3. The van der Waals surface area contributed by atoms with Gasteiger partial charge in [0.2, 0.25) is 11.8 Å². The van der Waals surface area contributed by atoms with Crippen LogP contribution in [0, 0.1) is 17.8 Å². The second-order valence-corrected chi connectivity index (χ2v) is 11.6. The predicted molar refractivity (Wildman–Crippen MR) is 134 cm³/mol. The van der Waals surface area contributed by atoms with E-state index in [9.17, 15) is 19.5 Å². The Balaban J connectivity index is 2.02. The van der Waals surface area contributed by atoms with Crippen molar-refractivity contribution in [3.63, 3.8) is 0 Å². The first kappa shape index (κ1) is 27.1. The maximum Gasteiger partial charge on any atom is 0.310 e. The first-order valence-electron chi connectivity index (χ1n) is 13.0. The number of thioether (sulfide) groups is 1. The molecule has 0 radical (unpaired) electrons. The van der Waals surface area contributed by atoms with Crippen LogP contribution >= 0.6 is 11.8 Å². The molecule has 1 N–H and O–H groups in total. The normalized spacial score (nSPS) is 32.6. The molecule has 3 heterocycles. The summed E-state index contributed by atoms with van der Waals surface area (Å²) in [6, 6.07) is -0.556. The molecule has 3 fully saturated rings. The molecule has 2 amide bonds. The van der Waals surface area contributed by atoms with E-state index >= 15 is 0 Å². The van der Waals surface area contributed by atoms with E-state index in [0.29, 0.717) is 19.5 Å². The Morgan fingerprint density at radius 3 is 2.71 bits per heavy atom. The summed E-state index contributed by atoms with van der Waals surface area (Å²) in [7, 11) is 0. The molecule has 34 heavy (non-hydrogen) atoms. The largest absolute Gasteiger partial charge is 0.466 e. The number of ether oxygens (including phenoxy) is 1. The molecule has 4 unspecified atom stereocenters. The smallest absolute Gasteiger partial charge is 0.310 e. The third-order valence-corrected chi connectivity index (χ3v) is 10.0. The molecular formula is C26H42N2O5S. The summed E-state index contributed by atoms with van der Waals surface area (Å²) in [6.07, 6.45) is 6.58. The number of likely N-dealkylation sites (tertiary alicyclic amines) is 1. The molecule has 7 nitrogen and oxygen atoms in total. The number of hydrogen-bond donors (Lipinski definition) is 1. The van der Waals surface area contributed by atoms with Crippen molar-refractivity contribution in [3.8, 4) is 0 Å². The van der Waals surface area contributed by atoms with Crippen LogP contribution in [0.2, 0.25) is 0 Å². The minimum atomic E-state index is -0.613. The zero-order valence-electron chi connectivity index (χ0n) is 21.2. The number of fused-ring (bicyclic) bond motifs is 1. The number of rotatable bonds is 13. The van der Waals surface area contributed by atoms with Gasteiger partial charge in [-0.25, -0.2) is 0 Å². The molecule has 2 bridgehead atoms. The summed E-state index contributed by atoms with van der Waals surface area (Å²) in [6.45, 7) is 13.3. The molecule has 0 saturated carbocycles. The molecule has 7 atom stereocenters. The van der Waals surface area contributed by atoms with E-state index < -0.39 is 22.6 Å². The molecule has 8 heteroatoms. The number of aliphatic hydroxyl groups is 1. The van der Waals surface area contributed by atoms with Gasteiger partial charge in [0.15, 0.2) is 0 Å². The van der Waals surface area contributed by atoms with Gasteiger partial charge in [0.1, 0.15) is 6.04 Å². The van der Waals surface area contributed by atoms with Gasteiger partial charge in [-0.3, -0.25) is 14.4 Å². The van der Waals surface area contributed by atoms with Crippen LogP contribution in [0.4, 0.5) is 0 Å². The number of carbonyl (C=O) groups is 3. The number of esters is 1. The quantitative estimate of drug-likeness (QED) is 0.240. The van der Waals surface area contributed by atoms with Gasteiger partial charge in [-0.05, 0) is 51.9 Å². The molecule has 0 aromatic rings. The fourth-order valence-corrected chi connectivity index (χ4v) is 8.88. The number of amides is 2. The Hall–Kier alpha value is -1.54. The van der Waals surface area contributed by atoms with Crippen LogP contribution in [-0.2, 0) is 19.1 Å². The topological polar surface area (TPSA) is 87.2 Å². The lowest BCUT2D eigenvalue weighted by molar-refractivity contribution is -0.154. The Morgan fingerprint density at radius 1 is 1.35 bits per heavy atom. The highest BCUT2D eigenvalue weighted by atomic mass is 32.2. The van der Waals surface area contributed by atoms with Crippen molar-refractivity contribution in [2.75, 3.05) is 26.3 Å². The number of carbonyl (C=O) groups excluding carboxylic acids is 3. The standard InChI is InChI=1S/C26H42N2O5S/c1-6-12-18(5)27(13-7-2)24(31)22-26-17(4)16-19(34-26)20(25(32)33-8-3)21(26)23(30)28(22)14-10-9-11-15-29/h7,17-22,29H,2,6,8-16H2,1,3-5H3/t17?,18?,19-,20+,21-,22?,26?/m0/s1. The minimum absolute atomic E-state index is 0.00996. The van der Waals surface area contributed by atoms with Crippen molar-refractivity contribution >= 4 is 29.5 Å². The molecule has 192 valence electrons. The van der Waals surface area contributed by atoms with Crippen molar-refractivity contribution < 1.29 is 24.2 Å². The van der Waals surface area contributed by atoms with Crippen LogP contribution in [0.15, 0.2) is 12.7 Å². The van der Waals surface area contributed by atoms with E-state index in [2.05, 4.69) is 27.4 Å². The highest BCUT2D eigenvalue weighted by Gasteiger charge is 2.76. The van der Waals surface area contributed by atoms with Crippen molar-refractivity contribution in [2.24, 2.45) is 17.8 Å². The van der Waals surface area contributed by atoms with E-state index in [-0.39, 0.29) is 48.2 Å². The van der Waals surface area contributed by atoms with Crippen molar-refractivity contribution in [2.45, 2.75) is 88.3 Å². The van der Waals surface area contributed by atoms with Crippen molar-refractivity contribution in [1.82, 2.24) is 9.80 Å². The van der Waals surface area contributed by atoms with E-state index in [1.54, 1.807) is 29.7 Å². The number of nitrogens with zero attached hydrogens (tertiary/aromatic N) is 2. The monoisotopic (exact) mass is 494 g/mol. The van der Waals surface area contributed by atoms with Crippen molar-refractivity contribution in [3.05, 3.63) is 12.7 Å². The molecular weight excluding hydrogens is 452 g/mol. The van der Waals surface area contributed by atoms with Gasteiger partial charge < -0.3 is 19.6 Å². The zero-order chi connectivity index (χ0) is 25.0. The van der Waals surface area contributed by atoms with Crippen LogP contribution in [0.3, 0.4) is 0 Å². The molecule has 1 spiro atoms. The van der Waals surface area contributed by atoms with E-state index in [1.807, 2.05) is 4.90 Å². The summed E-state index contributed by atoms with van der Waals surface area (Å²) in [5, 5.41) is 9.20. The summed E-state index contributed by atoms with van der Waals surface area (Å²) >= 11 is 1.69. The summed E-state index contributed by atoms with van der Waals surface area (Å²) in [5.41, 5.74) is 0. The van der Waals surface area contributed by atoms with Gasteiger partial charge in [0.05, 0.1) is 23.2 Å². The van der Waals surface area contributed by atoms with E-state index in [4.69, 9.17) is 4.74 Å². The second kappa shape index (κ2) is 11.5. The van der Waals surface area contributed by atoms with Gasteiger partial charge in [-0.1, -0.05) is 26.3 Å². The summed E-state index contributed by atoms with van der Waals surface area (Å²) < 4.78 is 4.80. The molecule has 3 aliphatic heterocycles. The zero-order valence-corrected chi connectivity index (χ0v) is 22.0. The fourth-order valence-electron chi connectivity index (χ4n) is 6.47. The van der Waals surface area contributed by atoms with Crippen LogP contribution in [0.1, 0.15) is 66.2 Å². The number of unbranched alkanes of at least 4 members (excludes halogenated alkanes) is 2. The highest BCUT2D eigenvalue weighted by molar-refractivity contribution is 8.02. The molecule has 3 saturated heterocycles. The summed E-state index contributed by atoms with van der Waals surface area (Å²) in [4.78, 5) is 44.9. The molecule has 0 aliphatic carbocycles. The average Bonchev–Trinajstić information content (AvgIpc) is 3.39. The predicted octanol–water partition coefficient (Wildman–Crippen LogP) is 3.25. The molecule has 3 aliphatic rings. The fraction of sp³-hybridized carbons (Fsp3) is 0.808. The SMILES string of the molecule is C=CCN(C(=O)C1N(CCCCCO)C(=O)[C@@H]2[C@H](C(=O)OCC)[C@@H]3CC(C)C12S3)C(C)CCC. The number of aliphatic hydroxyl groups excluding tert-OH is 1. The van der Waals surface area contributed by atoms with Crippen LogP contribution in [0.5, 0.6) is 0 Å². The van der Waals surface area contributed by atoms with Gasteiger partial charge in [0.25, 0.3) is 0 Å². The highest BCUT2D eigenvalue weighted by Crippen LogP contribution is 2.68. The van der Waals surface area contributed by atoms with Crippen LogP contribution in [-0.4, -0.2) is 81.1 Å². The lowest BCUT2D eigenvalue weighted by Gasteiger charge is -2.41. The van der Waals surface area contributed by atoms with E-state index in [0.717, 1.165) is 32.1 Å². The third-order valence-electron chi connectivity index (χ3n) is 7.94. The third kappa shape index (κ3) is 4.52. The Labute approximate surface area is 208 Å². The number of hydrogen-bond acceptors (Lipinski definition) is 6. The van der Waals surface area contributed by atoms with Crippen LogP contribution < -0.4 is 0 Å². The maximum absolute atomic E-state index is 14.3.